The van der Waals surface area contributed by atoms with E-state index in [1.165, 1.54) is 0 Å². The summed E-state index contributed by atoms with van der Waals surface area (Å²) in [4.78, 5) is 24.1. The molecule has 2 N–H and O–H groups in total. The molecule has 5 nitrogen and oxygen atoms in total. The van der Waals surface area contributed by atoms with Gasteiger partial charge < -0.3 is 15.4 Å². The van der Waals surface area contributed by atoms with Gasteiger partial charge in [0.1, 0.15) is 11.8 Å². The number of nitrogens with one attached hydrogen (secondary N) is 2. The number of carbonyl (C=O) groups is 2. The molecule has 5 heteroatoms. The second-order valence-corrected chi connectivity index (χ2v) is 6.14. The summed E-state index contributed by atoms with van der Waals surface area (Å²) in [6, 6.07) is 4.90. The third-order valence-electron chi connectivity index (χ3n) is 3.03. The summed E-state index contributed by atoms with van der Waals surface area (Å²) in [7, 11) is 1.55. The average Bonchev–Trinajstić information content (AvgIpc) is 2.37. The van der Waals surface area contributed by atoms with E-state index in [-0.39, 0.29) is 11.8 Å². The van der Waals surface area contributed by atoms with Crippen molar-refractivity contribution in [2.45, 2.75) is 40.7 Å². The minimum atomic E-state index is -0.623. The zero-order valence-electron chi connectivity index (χ0n) is 13.5. The smallest absolute Gasteiger partial charge is 0.246 e. The van der Waals surface area contributed by atoms with Crippen LogP contribution in [0.2, 0.25) is 0 Å². The molecule has 21 heavy (non-hydrogen) atoms. The van der Waals surface area contributed by atoms with E-state index in [4.69, 9.17) is 4.74 Å². The minimum absolute atomic E-state index is 0.165. The molecule has 0 unspecified atom stereocenters. The fraction of sp³-hybridized carbons (Fsp3) is 0.500. The van der Waals surface area contributed by atoms with Crippen molar-refractivity contribution in [2.24, 2.45) is 5.41 Å². The van der Waals surface area contributed by atoms with Gasteiger partial charge >= 0.3 is 0 Å². The van der Waals surface area contributed by atoms with Crippen molar-refractivity contribution in [1.29, 1.82) is 0 Å². The van der Waals surface area contributed by atoms with E-state index in [2.05, 4.69) is 10.6 Å². The van der Waals surface area contributed by atoms with E-state index in [9.17, 15) is 9.59 Å². The molecule has 0 bridgehead atoms. The van der Waals surface area contributed by atoms with Gasteiger partial charge in [-0.05, 0) is 31.5 Å². The highest BCUT2D eigenvalue weighted by molar-refractivity contribution is 5.98. The van der Waals surface area contributed by atoms with Crippen LogP contribution in [-0.4, -0.2) is 25.0 Å². The number of methoxy groups -OCH3 is 1. The van der Waals surface area contributed by atoms with Gasteiger partial charge in [-0.15, -0.1) is 0 Å². The lowest BCUT2D eigenvalue weighted by Gasteiger charge is -2.21. The molecule has 2 amide bonds. The Morgan fingerprint density at radius 3 is 2.38 bits per heavy atom. The topological polar surface area (TPSA) is 67.4 Å². The lowest BCUT2D eigenvalue weighted by atomic mass is 9.95. The number of hydrogen-bond donors (Lipinski definition) is 2. The van der Waals surface area contributed by atoms with E-state index in [0.29, 0.717) is 11.4 Å². The number of hydrogen-bond acceptors (Lipinski definition) is 3. The van der Waals surface area contributed by atoms with Crippen LogP contribution >= 0.6 is 0 Å². The number of aryl methyl sites for hydroxylation is 1. The highest BCUT2D eigenvalue weighted by Gasteiger charge is 2.25. The minimum Gasteiger partial charge on any atom is -0.495 e. The highest BCUT2D eigenvalue weighted by Crippen LogP contribution is 2.25. The Morgan fingerprint density at radius 1 is 1.24 bits per heavy atom. The number of rotatable bonds is 4. The van der Waals surface area contributed by atoms with E-state index in [0.717, 1.165) is 5.56 Å². The van der Waals surface area contributed by atoms with Gasteiger partial charge in [-0.3, -0.25) is 9.59 Å². The average molecular weight is 292 g/mol. The Bertz CT molecular complexity index is 533. The van der Waals surface area contributed by atoms with Crippen LogP contribution in [0.15, 0.2) is 18.2 Å². The van der Waals surface area contributed by atoms with E-state index >= 15 is 0 Å². The Balaban J connectivity index is 2.77. The van der Waals surface area contributed by atoms with Crippen LogP contribution in [0.3, 0.4) is 0 Å². The molecule has 0 aliphatic carbocycles. The zero-order valence-corrected chi connectivity index (χ0v) is 13.5. The van der Waals surface area contributed by atoms with Crippen molar-refractivity contribution in [3.05, 3.63) is 23.8 Å². The number of anilines is 1. The largest absolute Gasteiger partial charge is 0.495 e. The maximum Gasteiger partial charge on any atom is 0.246 e. The van der Waals surface area contributed by atoms with Crippen LogP contribution in [0.25, 0.3) is 0 Å². The first-order valence-electron chi connectivity index (χ1n) is 6.91. The SMILES string of the molecule is COc1ccc(C)cc1NC(=O)[C@@H](C)NC(=O)C(C)(C)C. The third kappa shape index (κ3) is 4.77. The van der Waals surface area contributed by atoms with E-state index < -0.39 is 11.5 Å². The molecule has 1 rings (SSSR count). The second kappa shape index (κ2) is 6.61. The molecule has 0 saturated carbocycles. The van der Waals surface area contributed by atoms with Crippen LogP contribution in [0, 0.1) is 12.3 Å². The predicted octanol–water partition coefficient (Wildman–Crippen LogP) is 2.49. The standard InChI is InChI=1S/C16H24N2O3/c1-10-7-8-13(21-6)12(9-10)18-14(19)11(2)17-15(20)16(3,4)5/h7-9,11H,1-6H3,(H,17,20)(H,18,19)/t11-/m1/s1. The molecular weight excluding hydrogens is 268 g/mol. The van der Waals surface area contributed by atoms with Crippen molar-refractivity contribution in [1.82, 2.24) is 5.32 Å². The highest BCUT2D eigenvalue weighted by atomic mass is 16.5. The number of amides is 2. The van der Waals surface area contributed by atoms with Crippen LogP contribution in [0.1, 0.15) is 33.3 Å². The molecule has 0 saturated heterocycles. The third-order valence-corrected chi connectivity index (χ3v) is 3.03. The summed E-state index contributed by atoms with van der Waals surface area (Å²) in [5.74, 6) is 0.140. The van der Waals surface area contributed by atoms with E-state index in [1.807, 2.05) is 19.1 Å². The fourth-order valence-electron chi connectivity index (χ4n) is 1.64. The van der Waals surface area contributed by atoms with Gasteiger partial charge in [0.05, 0.1) is 12.8 Å². The van der Waals surface area contributed by atoms with Gasteiger partial charge in [0.25, 0.3) is 0 Å². The van der Waals surface area contributed by atoms with Gasteiger partial charge in [0.2, 0.25) is 11.8 Å². The molecule has 0 fully saturated rings. The molecule has 0 aliphatic rings. The van der Waals surface area contributed by atoms with Crippen molar-refractivity contribution in [3.63, 3.8) is 0 Å². The molecule has 0 aromatic heterocycles. The normalized spacial score (nSPS) is 12.5. The summed E-state index contributed by atoms with van der Waals surface area (Å²) in [5, 5.41) is 5.48. The second-order valence-electron chi connectivity index (χ2n) is 6.14. The Morgan fingerprint density at radius 2 is 1.86 bits per heavy atom. The maximum absolute atomic E-state index is 12.2. The number of benzene rings is 1. The van der Waals surface area contributed by atoms with Crippen LogP contribution < -0.4 is 15.4 Å². The first-order chi connectivity index (χ1) is 9.65. The summed E-state index contributed by atoms with van der Waals surface area (Å²) >= 11 is 0. The van der Waals surface area contributed by atoms with Crippen LogP contribution in [0.4, 0.5) is 5.69 Å². The fourth-order valence-corrected chi connectivity index (χ4v) is 1.64. The molecule has 116 valence electrons. The molecular formula is C16H24N2O3. The van der Waals surface area contributed by atoms with Crippen LogP contribution in [0.5, 0.6) is 5.75 Å². The molecule has 0 heterocycles. The number of ether oxygens (including phenoxy) is 1. The lowest BCUT2D eigenvalue weighted by Crippen LogP contribution is -2.46. The summed E-state index contributed by atoms with van der Waals surface area (Å²) < 4.78 is 5.21. The first-order valence-corrected chi connectivity index (χ1v) is 6.91. The van der Waals surface area contributed by atoms with Crippen molar-refractivity contribution < 1.29 is 14.3 Å². The van der Waals surface area contributed by atoms with Crippen molar-refractivity contribution in [2.75, 3.05) is 12.4 Å². The summed E-state index contributed by atoms with van der Waals surface area (Å²) in [5.41, 5.74) is 1.08. The van der Waals surface area contributed by atoms with Gasteiger partial charge in [0, 0.05) is 5.41 Å². The zero-order chi connectivity index (χ0) is 16.2. The molecule has 1 atom stereocenters. The lowest BCUT2D eigenvalue weighted by molar-refractivity contribution is -0.131. The number of carbonyl (C=O) groups excluding carboxylic acids is 2. The maximum atomic E-state index is 12.2. The molecule has 1 aromatic rings. The van der Waals surface area contributed by atoms with E-state index in [1.54, 1.807) is 40.9 Å². The van der Waals surface area contributed by atoms with Gasteiger partial charge in [-0.1, -0.05) is 26.8 Å². The molecule has 1 aromatic carbocycles. The van der Waals surface area contributed by atoms with Crippen molar-refractivity contribution in [3.8, 4) is 5.75 Å². The van der Waals surface area contributed by atoms with Gasteiger partial charge in [0.15, 0.2) is 0 Å². The monoisotopic (exact) mass is 292 g/mol. The first kappa shape index (κ1) is 17.0. The molecule has 0 spiro atoms. The Labute approximate surface area is 126 Å². The molecule has 0 aliphatic heterocycles. The summed E-state index contributed by atoms with van der Waals surface area (Å²) in [6.45, 7) is 8.99. The summed E-state index contributed by atoms with van der Waals surface area (Å²) in [6.07, 6.45) is 0. The van der Waals surface area contributed by atoms with Crippen LogP contribution in [-0.2, 0) is 9.59 Å². The van der Waals surface area contributed by atoms with Gasteiger partial charge in [-0.25, -0.2) is 0 Å². The van der Waals surface area contributed by atoms with Crippen molar-refractivity contribution >= 4 is 17.5 Å². The Hall–Kier alpha value is -2.04. The Kier molecular flexibility index (Phi) is 5.35. The quantitative estimate of drug-likeness (QED) is 0.896. The predicted molar refractivity (Wildman–Crippen MR) is 83.4 cm³/mol. The van der Waals surface area contributed by atoms with Gasteiger partial charge in [-0.2, -0.15) is 0 Å². The molecule has 0 radical (unpaired) electrons.